The van der Waals surface area contributed by atoms with Crippen LogP contribution in [0.25, 0.3) is 6.08 Å². The Morgan fingerprint density at radius 2 is 1.62 bits per heavy atom. The van der Waals surface area contributed by atoms with E-state index in [4.69, 9.17) is 14.2 Å². The first-order valence-electron chi connectivity index (χ1n) is 9.87. The first-order valence-corrected chi connectivity index (χ1v) is 9.87. The van der Waals surface area contributed by atoms with Crippen molar-refractivity contribution in [3.63, 3.8) is 0 Å². The summed E-state index contributed by atoms with van der Waals surface area (Å²) in [4.78, 5) is 15.4. The summed E-state index contributed by atoms with van der Waals surface area (Å²) in [5.74, 6) is 2.29. The number of nitrogens with zero attached hydrogens (tertiary/aromatic N) is 1. The van der Waals surface area contributed by atoms with Crippen LogP contribution < -0.4 is 14.2 Å². The van der Waals surface area contributed by atoms with Gasteiger partial charge in [-0.15, -0.1) is 0 Å². The van der Waals surface area contributed by atoms with E-state index in [1.807, 2.05) is 36.4 Å². The molecule has 1 fully saturated rings. The standard InChI is InChI=1S/C24H29NO4/c1-25-13-11-17(12-14-25)19-15-20(24(29-4)16-23(19)28-3)21(26)10-9-18-7-5-6-8-22(18)27-2/h5-10,15-17H,11-14H2,1-4H3/b10-9+. The number of rotatable bonds is 7. The van der Waals surface area contributed by atoms with Gasteiger partial charge in [-0.2, -0.15) is 0 Å². The van der Waals surface area contributed by atoms with Crippen LogP contribution in [0.1, 0.15) is 40.2 Å². The predicted octanol–water partition coefficient (Wildman–Crippen LogP) is 4.42. The fourth-order valence-electron chi connectivity index (χ4n) is 3.81. The summed E-state index contributed by atoms with van der Waals surface area (Å²) >= 11 is 0. The highest BCUT2D eigenvalue weighted by molar-refractivity contribution is 6.09. The highest BCUT2D eigenvalue weighted by atomic mass is 16.5. The zero-order valence-electron chi connectivity index (χ0n) is 17.6. The molecule has 2 aromatic carbocycles. The Bertz CT molecular complexity index is 882. The van der Waals surface area contributed by atoms with Crippen molar-refractivity contribution in [2.75, 3.05) is 41.5 Å². The van der Waals surface area contributed by atoms with Crippen LogP contribution in [-0.2, 0) is 0 Å². The summed E-state index contributed by atoms with van der Waals surface area (Å²) in [6.07, 6.45) is 5.44. The first kappa shape index (κ1) is 20.9. The Hall–Kier alpha value is -2.79. The van der Waals surface area contributed by atoms with E-state index in [0.717, 1.165) is 48.6 Å². The number of hydrogen-bond acceptors (Lipinski definition) is 5. The maximum absolute atomic E-state index is 13.0. The van der Waals surface area contributed by atoms with Gasteiger partial charge in [-0.1, -0.05) is 18.2 Å². The van der Waals surface area contributed by atoms with Gasteiger partial charge >= 0.3 is 0 Å². The average molecular weight is 395 g/mol. The van der Waals surface area contributed by atoms with E-state index in [0.29, 0.717) is 17.2 Å². The van der Waals surface area contributed by atoms with Crippen molar-refractivity contribution in [3.8, 4) is 17.2 Å². The lowest BCUT2D eigenvalue weighted by molar-refractivity contribution is 0.104. The van der Waals surface area contributed by atoms with Gasteiger partial charge in [-0.3, -0.25) is 4.79 Å². The second kappa shape index (κ2) is 9.61. The lowest BCUT2D eigenvalue weighted by Gasteiger charge is -2.30. The van der Waals surface area contributed by atoms with Gasteiger partial charge < -0.3 is 19.1 Å². The number of para-hydroxylation sites is 1. The van der Waals surface area contributed by atoms with E-state index in [2.05, 4.69) is 11.9 Å². The summed E-state index contributed by atoms with van der Waals surface area (Å²) in [6.45, 7) is 2.08. The van der Waals surface area contributed by atoms with Crippen molar-refractivity contribution in [3.05, 3.63) is 59.2 Å². The molecule has 1 aliphatic heterocycles. The first-order chi connectivity index (χ1) is 14.1. The largest absolute Gasteiger partial charge is 0.496 e. The van der Waals surface area contributed by atoms with Gasteiger partial charge in [0.05, 0.1) is 26.9 Å². The molecule has 0 N–H and O–H groups in total. The number of carbonyl (C=O) groups excluding carboxylic acids is 1. The molecule has 0 atom stereocenters. The van der Waals surface area contributed by atoms with Gasteiger partial charge in [0.15, 0.2) is 5.78 Å². The Morgan fingerprint density at radius 3 is 2.28 bits per heavy atom. The molecule has 1 heterocycles. The number of ether oxygens (including phenoxy) is 3. The van der Waals surface area contributed by atoms with Crippen molar-refractivity contribution in [2.24, 2.45) is 0 Å². The Labute approximate surface area is 172 Å². The zero-order valence-corrected chi connectivity index (χ0v) is 17.6. The molecule has 3 rings (SSSR count). The second-order valence-corrected chi connectivity index (χ2v) is 7.31. The van der Waals surface area contributed by atoms with Crippen LogP contribution in [0.3, 0.4) is 0 Å². The van der Waals surface area contributed by atoms with Gasteiger partial charge in [0, 0.05) is 11.6 Å². The number of ketones is 1. The van der Waals surface area contributed by atoms with Gasteiger partial charge in [-0.05, 0) is 68.7 Å². The molecule has 5 heteroatoms. The van der Waals surface area contributed by atoms with E-state index < -0.39 is 0 Å². The van der Waals surface area contributed by atoms with Crippen LogP contribution >= 0.6 is 0 Å². The Morgan fingerprint density at radius 1 is 0.966 bits per heavy atom. The molecule has 29 heavy (non-hydrogen) atoms. The molecule has 0 saturated carbocycles. The molecule has 154 valence electrons. The number of allylic oxidation sites excluding steroid dienone is 1. The van der Waals surface area contributed by atoms with E-state index >= 15 is 0 Å². The normalized spacial score (nSPS) is 15.4. The average Bonchev–Trinajstić information content (AvgIpc) is 2.77. The number of piperidine rings is 1. The maximum Gasteiger partial charge on any atom is 0.189 e. The molecule has 2 aromatic rings. The van der Waals surface area contributed by atoms with Crippen LogP contribution in [0.15, 0.2) is 42.5 Å². The minimum absolute atomic E-state index is 0.107. The van der Waals surface area contributed by atoms with Crippen LogP contribution in [0.4, 0.5) is 0 Å². The third kappa shape index (κ3) is 4.80. The monoisotopic (exact) mass is 395 g/mol. The third-order valence-electron chi connectivity index (χ3n) is 5.53. The number of hydrogen-bond donors (Lipinski definition) is 0. The molecule has 1 saturated heterocycles. The zero-order chi connectivity index (χ0) is 20.8. The minimum atomic E-state index is -0.107. The fraction of sp³-hybridized carbons (Fsp3) is 0.375. The Kier molecular flexibility index (Phi) is 6.94. The molecule has 0 unspecified atom stereocenters. The van der Waals surface area contributed by atoms with Crippen LogP contribution in [-0.4, -0.2) is 52.1 Å². The summed E-state index contributed by atoms with van der Waals surface area (Å²) in [5.41, 5.74) is 2.48. The quantitative estimate of drug-likeness (QED) is 0.513. The van der Waals surface area contributed by atoms with Crippen molar-refractivity contribution < 1.29 is 19.0 Å². The summed E-state index contributed by atoms with van der Waals surface area (Å²) in [7, 11) is 7.00. The number of methoxy groups -OCH3 is 3. The van der Waals surface area contributed by atoms with Gasteiger partial charge in [0.1, 0.15) is 17.2 Å². The third-order valence-corrected chi connectivity index (χ3v) is 5.53. The smallest absolute Gasteiger partial charge is 0.189 e. The molecule has 0 aromatic heterocycles. The second-order valence-electron chi connectivity index (χ2n) is 7.31. The maximum atomic E-state index is 13.0. The molecular formula is C24H29NO4. The van der Waals surface area contributed by atoms with Gasteiger partial charge in [0.2, 0.25) is 0 Å². The molecule has 0 aliphatic carbocycles. The van der Waals surface area contributed by atoms with E-state index in [1.54, 1.807) is 33.5 Å². The molecule has 0 spiro atoms. The summed E-state index contributed by atoms with van der Waals surface area (Å²) < 4.78 is 16.5. The van der Waals surface area contributed by atoms with E-state index in [9.17, 15) is 4.79 Å². The number of carbonyl (C=O) groups is 1. The molecule has 0 amide bonds. The molecule has 1 aliphatic rings. The van der Waals surface area contributed by atoms with Gasteiger partial charge in [0.25, 0.3) is 0 Å². The van der Waals surface area contributed by atoms with Crippen molar-refractivity contribution in [1.82, 2.24) is 4.90 Å². The summed E-state index contributed by atoms with van der Waals surface area (Å²) in [6, 6.07) is 11.4. The number of likely N-dealkylation sites (tertiary alicyclic amines) is 1. The lowest BCUT2D eigenvalue weighted by atomic mass is 9.87. The fourth-order valence-corrected chi connectivity index (χ4v) is 3.81. The van der Waals surface area contributed by atoms with E-state index in [-0.39, 0.29) is 5.78 Å². The van der Waals surface area contributed by atoms with Crippen LogP contribution in [0.2, 0.25) is 0 Å². The van der Waals surface area contributed by atoms with Crippen molar-refractivity contribution in [1.29, 1.82) is 0 Å². The van der Waals surface area contributed by atoms with Crippen molar-refractivity contribution >= 4 is 11.9 Å². The summed E-state index contributed by atoms with van der Waals surface area (Å²) in [5, 5.41) is 0. The molecule has 5 nitrogen and oxygen atoms in total. The van der Waals surface area contributed by atoms with Crippen molar-refractivity contribution in [2.45, 2.75) is 18.8 Å². The highest BCUT2D eigenvalue weighted by Crippen LogP contribution is 2.38. The predicted molar refractivity (Wildman–Crippen MR) is 115 cm³/mol. The van der Waals surface area contributed by atoms with Crippen LogP contribution in [0.5, 0.6) is 17.2 Å². The molecule has 0 radical (unpaired) electrons. The molecule has 0 bridgehead atoms. The highest BCUT2D eigenvalue weighted by Gasteiger charge is 2.24. The van der Waals surface area contributed by atoms with E-state index in [1.165, 1.54) is 0 Å². The lowest BCUT2D eigenvalue weighted by Crippen LogP contribution is -2.29. The van der Waals surface area contributed by atoms with Crippen LogP contribution in [0, 0.1) is 0 Å². The van der Waals surface area contributed by atoms with Gasteiger partial charge in [-0.25, -0.2) is 0 Å². The topological polar surface area (TPSA) is 48.0 Å². The minimum Gasteiger partial charge on any atom is -0.496 e. The Balaban J connectivity index is 1.93. The SMILES string of the molecule is COc1ccccc1/C=C/C(=O)c1cc(C2CCN(C)CC2)c(OC)cc1OC. The molecular weight excluding hydrogens is 366 g/mol. The number of benzene rings is 2.